The third-order valence-electron chi connectivity index (χ3n) is 4.56. The van der Waals surface area contributed by atoms with Crippen LogP contribution in [-0.2, 0) is 4.74 Å². The van der Waals surface area contributed by atoms with Gasteiger partial charge in [0.25, 0.3) is 0 Å². The van der Waals surface area contributed by atoms with Gasteiger partial charge in [-0.25, -0.2) is 0 Å². The third-order valence-corrected chi connectivity index (χ3v) is 4.56. The topological polar surface area (TPSA) is 36.9 Å². The lowest BCUT2D eigenvalue weighted by molar-refractivity contribution is 0.181. The van der Waals surface area contributed by atoms with Crippen LogP contribution >= 0.6 is 0 Å². The minimum absolute atomic E-state index is 0.523. The summed E-state index contributed by atoms with van der Waals surface area (Å²) in [4.78, 5) is 6.93. The fourth-order valence-corrected chi connectivity index (χ4v) is 3.22. The average Bonchev–Trinajstić information content (AvgIpc) is 3.12. The zero-order valence-electron chi connectivity index (χ0n) is 13.7. The van der Waals surface area contributed by atoms with E-state index in [0.717, 1.165) is 32.3 Å². The van der Waals surface area contributed by atoms with Crippen molar-refractivity contribution in [3.8, 4) is 0 Å². The van der Waals surface area contributed by atoms with E-state index >= 15 is 0 Å². The summed E-state index contributed by atoms with van der Waals surface area (Å²) in [5.41, 5.74) is 1.43. The first-order valence-corrected chi connectivity index (χ1v) is 8.42. The van der Waals surface area contributed by atoms with Gasteiger partial charge in [0.05, 0.1) is 6.61 Å². The molecule has 1 saturated heterocycles. The fourth-order valence-electron chi connectivity index (χ4n) is 3.22. The number of nitrogens with zero attached hydrogens (tertiary/aromatic N) is 2. The van der Waals surface area contributed by atoms with E-state index in [9.17, 15) is 0 Å². The van der Waals surface area contributed by atoms with E-state index in [2.05, 4.69) is 59.5 Å². The summed E-state index contributed by atoms with van der Waals surface area (Å²) in [5.74, 6) is 2.31. The van der Waals surface area contributed by atoms with Crippen LogP contribution < -0.4 is 5.32 Å². The molecule has 1 aliphatic heterocycles. The summed E-state index contributed by atoms with van der Waals surface area (Å²) in [6.45, 7) is 5.73. The SMILES string of the molecule is CCN=C(NC1CC1c1ccccc1)N(C)CC1CCOC1. The Balaban J connectivity index is 1.55. The van der Waals surface area contributed by atoms with Gasteiger partial charge < -0.3 is 15.0 Å². The zero-order chi connectivity index (χ0) is 15.4. The molecule has 2 fully saturated rings. The third kappa shape index (κ3) is 3.80. The minimum atomic E-state index is 0.523. The number of rotatable bonds is 5. The Morgan fingerprint density at radius 1 is 1.36 bits per heavy atom. The summed E-state index contributed by atoms with van der Waals surface area (Å²) in [6.07, 6.45) is 2.37. The molecule has 1 aromatic carbocycles. The molecule has 0 radical (unpaired) electrons. The second-order valence-corrected chi connectivity index (χ2v) is 6.41. The van der Waals surface area contributed by atoms with E-state index in [4.69, 9.17) is 4.74 Å². The number of hydrogen-bond acceptors (Lipinski definition) is 2. The summed E-state index contributed by atoms with van der Waals surface area (Å²) in [5, 5.41) is 3.65. The molecule has 0 amide bonds. The van der Waals surface area contributed by atoms with Crippen molar-refractivity contribution in [2.75, 3.05) is 33.4 Å². The highest BCUT2D eigenvalue weighted by atomic mass is 16.5. The maximum Gasteiger partial charge on any atom is 0.193 e. The van der Waals surface area contributed by atoms with Crippen LogP contribution in [0.5, 0.6) is 0 Å². The smallest absolute Gasteiger partial charge is 0.193 e. The maximum atomic E-state index is 5.48. The maximum absolute atomic E-state index is 5.48. The largest absolute Gasteiger partial charge is 0.381 e. The Morgan fingerprint density at radius 3 is 2.86 bits per heavy atom. The van der Waals surface area contributed by atoms with Crippen LogP contribution in [0.15, 0.2) is 35.3 Å². The van der Waals surface area contributed by atoms with Crippen LogP contribution in [0.2, 0.25) is 0 Å². The molecule has 120 valence electrons. The molecule has 1 aliphatic carbocycles. The Labute approximate surface area is 133 Å². The van der Waals surface area contributed by atoms with E-state index < -0.39 is 0 Å². The molecule has 0 bridgehead atoms. The van der Waals surface area contributed by atoms with Crippen LogP contribution in [-0.4, -0.2) is 50.3 Å². The van der Waals surface area contributed by atoms with Crippen molar-refractivity contribution >= 4 is 5.96 Å². The van der Waals surface area contributed by atoms with Gasteiger partial charge in [0.2, 0.25) is 0 Å². The highest BCUT2D eigenvalue weighted by Crippen LogP contribution is 2.40. The molecule has 0 spiro atoms. The molecule has 4 nitrogen and oxygen atoms in total. The molecule has 3 atom stereocenters. The lowest BCUT2D eigenvalue weighted by atomic mass is 10.1. The number of nitrogens with one attached hydrogen (secondary N) is 1. The van der Waals surface area contributed by atoms with E-state index in [1.165, 1.54) is 18.4 Å². The summed E-state index contributed by atoms with van der Waals surface area (Å²) >= 11 is 0. The van der Waals surface area contributed by atoms with Crippen molar-refractivity contribution < 1.29 is 4.74 Å². The molecule has 1 aromatic rings. The molecule has 2 aliphatic rings. The van der Waals surface area contributed by atoms with Crippen LogP contribution in [0.1, 0.15) is 31.2 Å². The van der Waals surface area contributed by atoms with E-state index in [1.54, 1.807) is 0 Å². The van der Waals surface area contributed by atoms with Crippen LogP contribution in [0.4, 0.5) is 0 Å². The van der Waals surface area contributed by atoms with Crippen LogP contribution in [0.3, 0.4) is 0 Å². The second-order valence-electron chi connectivity index (χ2n) is 6.41. The van der Waals surface area contributed by atoms with Gasteiger partial charge in [-0.15, -0.1) is 0 Å². The molecule has 0 aromatic heterocycles. The first kappa shape index (κ1) is 15.3. The predicted octanol–water partition coefficient (Wildman–Crippen LogP) is 2.48. The van der Waals surface area contributed by atoms with Gasteiger partial charge in [-0.2, -0.15) is 0 Å². The van der Waals surface area contributed by atoms with Crippen LogP contribution in [0, 0.1) is 5.92 Å². The lowest BCUT2D eigenvalue weighted by Crippen LogP contribution is -2.43. The number of benzene rings is 1. The Morgan fingerprint density at radius 2 is 2.18 bits per heavy atom. The highest BCUT2D eigenvalue weighted by molar-refractivity contribution is 5.80. The molecular formula is C18H27N3O. The van der Waals surface area contributed by atoms with Gasteiger partial charge in [-0.1, -0.05) is 30.3 Å². The van der Waals surface area contributed by atoms with Crippen LogP contribution in [0.25, 0.3) is 0 Å². The Hall–Kier alpha value is -1.55. The summed E-state index contributed by atoms with van der Waals surface area (Å²) in [7, 11) is 2.14. The first-order chi connectivity index (χ1) is 10.8. The van der Waals surface area contributed by atoms with Gasteiger partial charge in [0, 0.05) is 44.6 Å². The second kappa shape index (κ2) is 7.14. The Kier molecular flexibility index (Phi) is 4.98. The van der Waals surface area contributed by atoms with Gasteiger partial charge in [0.15, 0.2) is 5.96 Å². The predicted molar refractivity (Wildman–Crippen MR) is 90.3 cm³/mol. The molecule has 1 heterocycles. The molecule has 1 N–H and O–H groups in total. The molecule has 22 heavy (non-hydrogen) atoms. The van der Waals surface area contributed by atoms with Gasteiger partial charge in [-0.05, 0) is 25.3 Å². The van der Waals surface area contributed by atoms with Crippen molar-refractivity contribution in [3.05, 3.63) is 35.9 Å². The zero-order valence-corrected chi connectivity index (χ0v) is 13.7. The molecule has 3 rings (SSSR count). The number of guanidine groups is 1. The van der Waals surface area contributed by atoms with Crippen molar-refractivity contribution in [3.63, 3.8) is 0 Å². The Bertz CT molecular complexity index is 496. The molecule has 1 saturated carbocycles. The van der Waals surface area contributed by atoms with Gasteiger partial charge in [-0.3, -0.25) is 4.99 Å². The number of hydrogen-bond donors (Lipinski definition) is 1. The van der Waals surface area contributed by atoms with E-state index in [-0.39, 0.29) is 0 Å². The van der Waals surface area contributed by atoms with Crippen molar-refractivity contribution in [1.82, 2.24) is 10.2 Å². The average molecular weight is 301 g/mol. The summed E-state index contributed by atoms with van der Waals surface area (Å²) in [6, 6.07) is 11.3. The molecule has 3 unspecified atom stereocenters. The first-order valence-electron chi connectivity index (χ1n) is 8.42. The van der Waals surface area contributed by atoms with Crippen molar-refractivity contribution in [2.24, 2.45) is 10.9 Å². The normalized spacial score (nSPS) is 27.7. The monoisotopic (exact) mass is 301 g/mol. The fraction of sp³-hybridized carbons (Fsp3) is 0.611. The van der Waals surface area contributed by atoms with E-state index in [0.29, 0.717) is 17.9 Å². The number of ether oxygens (including phenoxy) is 1. The number of aliphatic imine (C=N–C) groups is 1. The quantitative estimate of drug-likeness (QED) is 0.670. The van der Waals surface area contributed by atoms with Crippen molar-refractivity contribution in [2.45, 2.75) is 31.7 Å². The standard InChI is InChI=1S/C18H27N3O/c1-3-19-18(21(2)12-14-9-10-22-13-14)20-17-11-16(17)15-7-5-4-6-8-15/h4-8,14,16-17H,3,9-13H2,1-2H3,(H,19,20). The lowest BCUT2D eigenvalue weighted by Gasteiger charge is -2.25. The van der Waals surface area contributed by atoms with Gasteiger partial charge in [0.1, 0.15) is 0 Å². The van der Waals surface area contributed by atoms with Gasteiger partial charge >= 0.3 is 0 Å². The molecule has 4 heteroatoms. The van der Waals surface area contributed by atoms with Crippen molar-refractivity contribution in [1.29, 1.82) is 0 Å². The van der Waals surface area contributed by atoms with E-state index in [1.807, 2.05) is 0 Å². The minimum Gasteiger partial charge on any atom is -0.381 e. The highest BCUT2D eigenvalue weighted by Gasteiger charge is 2.39. The summed E-state index contributed by atoms with van der Waals surface area (Å²) < 4.78 is 5.48. The molecular weight excluding hydrogens is 274 g/mol.